The van der Waals surface area contributed by atoms with Gasteiger partial charge in [0.15, 0.2) is 0 Å². The van der Waals surface area contributed by atoms with E-state index in [9.17, 15) is 4.79 Å². The van der Waals surface area contributed by atoms with E-state index in [-0.39, 0.29) is 5.91 Å². The van der Waals surface area contributed by atoms with Crippen LogP contribution in [0.25, 0.3) is 0 Å². The van der Waals surface area contributed by atoms with Crippen LogP contribution in [0.5, 0.6) is 0 Å². The molecule has 1 fully saturated rings. The van der Waals surface area contributed by atoms with Crippen LogP contribution in [0.3, 0.4) is 0 Å². The molecule has 0 bridgehead atoms. The molecule has 0 aromatic carbocycles. The highest BCUT2D eigenvalue weighted by Gasteiger charge is 2.32. The van der Waals surface area contributed by atoms with Crippen molar-refractivity contribution in [2.24, 2.45) is 11.1 Å². The van der Waals surface area contributed by atoms with Gasteiger partial charge < -0.3 is 16.0 Å². The summed E-state index contributed by atoms with van der Waals surface area (Å²) in [5.74, 6) is -0.239. The van der Waals surface area contributed by atoms with Crippen LogP contribution in [0.15, 0.2) is 0 Å². The summed E-state index contributed by atoms with van der Waals surface area (Å²) in [6, 6.07) is 0. The second-order valence-electron chi connectivity index (χ2n) is 6.92. The van der Waals surface area contributed by atoms with Gasteiger partial charge >= 0.3 is 0 Å². The molecule has 0 radical (unpaired) electrons. The normalized spacial score (nSPS) is 22.9. The van der Waals surface area contributed by atoms with Crippen molar-refractivity contribution in [1.82, 2.24) is 10.2 Å². The van der Waals surface area contributed by atoms with Crippen LogP contribution < -0.4 is 11.1 Å². The summed E-state index contributed by atoms with van der Waals surface area (Å²) in [6.07, 6.45) is 4.35. The van der Waals surface area contributed by atoms with E-state index in [4.69, 9.17) is 5.73 Å². The van der Waals surface area contributed by atoms with E-state index < -0.39 is 5.54 Å². The third-order valence-electron chi connectivity index (χ3n) is 4.22. The first-order chi connectivity index (χ1) is 8.79. The highest BCUT2D eigenvalue weighted by atomic mass is 16.1. The van der Waals surface area contributed by atoms with Crippen LogP contribution >= 0.6 is 0 Å². The largest absolute Gasteiger partial charge is 0.368 e. The monoisotopic (exact) mass is 269 g/mol. The van der Waals surface area contributed by atoms with Crippen LogP contribution in [0.1, 0.15) is 53.4 Å². The lowest BCUT2D eigenvalue weighted by Gasteiger charge is -2.39. The minimum atomic E-state index is -0.572. The smallest absolute Gasteiger partial charge is 0.237 e. The molecule has 1 aliphatic rings. The molecule has 0 saturated carbocycles. The van der Waals surface area contributed by atoms with Crippen molar-refractivity contribution in [2.45, 2.75) is 58.9 Å². The van der Waals surface area contributed by atoms with Crippen LogP contribution in [-0.4, -0.2) is 42.5 Å². The number of carbonyl (C=O) groups is 1. The van der Waals surface area contributed by atoms with Gasteiger partial charge in [-0.2, -0.15) is 0 Å². The van der Waals surface area contributed by atoms with Gasteiger partial charge in [-0.25, -0.2) is 0 Å². The standard InChI is InChI=1S/C15H31N3O/c1-5-9-17-15(4,13(16)19)8-11-18-10-6-7-14(2,3)12-18/h17H,5-12H2,1-4H3,(H2,16,19). The van der Waals surface area contributed by atoms with E-state index in [1.54, 1.807) is 0 Å². The van der Waals surface area contributed by atoms with Crippen molar-refractivity contribution in [1.29, 1.82) is 0 Å². The Morgan fingerprint density at radius 1 is 1.47 bits per heavy atom. The maximum absolute atomic E-state index is 11.7. The van der Waals surface area contributed by atoms with E-state index in [1.807, 2.05) is 6.92 Å². The van der Waals surface area contributed by atoms with Gasteiger partial charge in [-0.05, 0) is 51.1 Å². The number of nitrogens with two attached hydrogens (primary N) is 1. The third-order valence-corrected chi connectivity index (χ3v) is 4.22. The van der Waals surface area contributed by atoms with E-state index >= 15 is 0 Å². The Kier molecular flexibility index (Phi) is 5.81. The van der Waals surface area contributed by atoms with Crippen LogP contribution in [0, 0.1) is 5.41 Å². The van der Waals surface area contributed by atoms with Gasteiger partial charge in [0.05, 0.1) is 5.54 Å². The Balaban J connectivity index is 2.49. The lowest BCUT2D eigenvalue weighted by atomic mass is 9.84. The lowest BCUT2D eigenvalue weighted by molar-refractivity contribution is -0.124. The SMILES string of the molecule is CCCNC(C)(CCN1CCCC(C)(C)C1)C(N)=O. The lowest BCUT2D eigenvalue weighted by Crippen LogP contribution is -2.55. The van der Waals surface area contributed by atoms with Crippen molar-refractivity contribution in [2.75, 3.05) is 26.2 Å². The number of likely N-dealkylation sites (tertiary alicyclic amines) is 1. The highest BCUT2D eigenvalue weighted by molar-refractivity contribution is 5.84. The minimum absolute atomic E-state index is 0.239. The molecular formula is C15H31N3O. The molecule has 4 nitrogen and oxygen atoms in total. The number of carbonyl (C=O) groups excluding carboxylic acids is 1. The number of hydrogen-bond donors (Lipinski definition) is 2. The zero-order valence-corrected chi connectivity index (χ0v) is 13.1. The van der Waals surface area contributed by atoms with Crippen molar-refractivity contribution in [3.63, 3.8) is 0 Å². The first-order valence-electron chi connectivity index (χ1n) is 7.56. The molecule has 112 valence electrons. The molecule has 0 aromatic heterocycles. The summed E-state index contributed by atoms with van der Waals surface area (Å²) < 4.78 is 0. The van der Waals surface area contributed by atoms with Crippen LogP contribution in [-0.2, 0) is 4.79 Å². The third kappa shape index (κ3) is 5.11. The number of amides is 1. The molecule has 1 unspecified atom stereocenters. The Morgan fingerprint density at radius 3 is 2.68 bits per heavy atom. The summed E-state index contributed by atoms with van der Waals surface area (Å²) in [7, 11) is 0. The van der Waals surface area contributed by atoms with E-state index in [0.29, 0.717) is 5.41 Å². The molecule has 1 amide bonds. The van der Waals surface area contributed by atoms with Crippen molar-refractivity contribution >= 4 is 5.91 Å². The molecule has 1 aliphatic heterocycles. The van der Waals surface area contributed by atoms with E-state index in [0.717, 1.165) is 39.0 Å². The van der Waals surface area contributed by atoms with Gasteiger partial charge in [0.25, 0.3) is 0 Å². The number of nitrogens with one attached hydrogen (secondary N) is 1. The van der Waals surface area contributed by atoms with E-state index in [2.05, 4.69) is 31.0 Å². The molecule has 19 heavy (non-hydrogen) atoms. The molecule has 0 aliphatic carbocycles. The Morgan fingerprint density at radius 2 is 2.16 bits per heavy atom. The molecule has 1 rings (SSSR count). The molecule has 0 spiro atoms. The summed E-state index contributed by atoms with van der Waals surface area (Å²) in [5, 5.41) is 3.30. The van der Waals surface area contributed by atoms with Gasteiger partial charge in [0.2, 0.25) is 5.91 Å². The van der Waals surface area contributed by atoms with Gasteiger partial charge in [0.1, 0.15) is 0 Å². The highest BCUT2D eigenvalue weighted by Crippen LogP contribution is 2.28. The average molecular weight is 269 g/mol. The van der Waals surface area contributed by atoms with Crippen molar-refractivity contribution in [3.8, 4) is 0 Å². The fourth-order valence-electron chi connectivity index (χ4n) is 2.82. The van der Waals surface area contributed by atoms with Crippen LogP contribution in [0.2, 0.25) is 0 Å². The Hall–Kier alpha value is -0.610. The predicted octanol–water partition coefficient (Wildman–Crippen LogP) is 1.74. The first-order valence-corrected chi connectivity index (χ1v) is 7.56. The average Bonchev–Trinajstić information content (AvgIpc) is 2.32. The number of rotatable bonds is 7. The molecule has 4 heteroatoms. The summed E-state index contributed by atoms with van der Waals surface area (Å²) in [6.45, 7) is 12.7. The number of primary amides is 1. The summed E-state index contributed by atoms with van der Waals surface area (Å²) in [5.41, 5.74) is 5.39. The quantitative estimate of drug-likeness (QED) is 0.740. The molecular weight excluding hydrogens is 238 g/mol. The number of piperidine rings is 1. The zero-order valence-electron chi connectivity index (χ0n) is 13.1. The van der Waals surface area contributed by atoms with Crippen molar-refractivity contribution in [3.05, 3.63) is 0 Å². The Labute approximate surface area is 118 Å². The maximum Gasteiger partial charge on any atom is 0.237 e. The molecule has 1 saturated heterocycles. The Bertz CT molecular complexity index is 304. The molecule has 1 heterocycles. The predicted molar refractivity (Wildman–Crippen MR) is 80.0 cm³/mol. The zero-order chi connectivity index (χ0) is 14.5. The molecule has 0 aromatic rings. The molecule has 1 atom stereocenters. The van der Waals surface area contributed by atoms with Gasteiger partial charge in [0, 0.05) is 13.1 Å². The maximum atomic E-state index is 11.7. The number of nitrogens with zero attached hydrogens (tertiary/aromatic N) is 1. The van der Waals surface area contributed by atoms with Gasteiger partial charge in [-0.3, -0.25) is 4.79 Å². The fraction of sp³-hybridized carbons (Fsp3) is 0.933. The fourth-order valence-corrected chi connectivity index (χ4v) is 2.82. The number of hydrogen-bond acceptors (Lipinski definition) is 3. The van der Waals surface area contributed by atoms with Crippen molar-refractivity contribution < 1.29 is 4.79 Å². The summed E-state index contributed by atoms with van der Waals surface area (Å²) >= 11 is 0. The minimum Gasteiger partial charge on any atom is -0.368 e. The first kappa shape index (κ1) is 16.4. The second kappa shape index (κ2) is 6.71. The molecule has 3 N–H and O–H groups in total. The van der Waals surface area contributed by atoms with Gasteiger partial charge in [-0.1, -0.05) is 20.8 Å². The van der Waals surface area contributed by atoms with Gasteiger partial charge in [-0.15, -0.1) is 0 Å². The van der Waals surface area contributed by atoms with E-state index in [1.165, 1.54) is 12.8 Å². The topological polar surface area (TPSA) is 58.4 Å². The summed E-state index contributed by atoms with van der Waals surface area (Å²) in [4.78, 5) is 14.1. The van der Waals surface area contributed by atoms with Crippen LogP contribution in [0.4, 0.5) is 0 Å². The second-order valence-corrected chi connectivity index (χ2v) is 6.92.